The van der Waals surface area contributed by atoms with E-state index in [-0.39, 0.29) is 57.8 Å². The minimum absolute atomic E-state index is 0. The Bertz CT molecular complexity index is 76.9. The molecule has 0 aliphatic heterocycles. The molecule has 4 nitrogen and oxygen atoms in total. The number of hydrogen-bond donors (Lipinski definition) is 0. The van der Waals surface area contributed by atoms with Crippen molar-refractivity contribution in [3.8, 4) is 0 Å². The van der Waals surface area contributed by atoms with E-state index in [1.54, 1.807) is 0 Å². The van der Waals surface area contributed by atoms with E-state index in [0.29, 0.717) is 0 Å². The zero-order valence-corrected chi connectivity index (χ0v) is 8.08. The zero-order valence-electron chi connectivity index (χ0n) is 4.96. The van der Waals surface area contributed by atoms with Gasteiger partial charge < -0.3 is 5.11 Å². The summed E-state index contributed by atoms with van der Waals surface area (Å²) in [6.45, 7) is 1.49. The molecule has 5 heteroatoms. The minimum atomic E-state index is -1.63. The van der Waals surface area contributed by atoms with Crippen LogP contribution in [-0.4, -0.2) is 11.2 Å². The molecule has 0 amide bonds. The molecule has 0 aliphatic carbocycles. The van der Waals surface area contributed by atoms with Gasteiger partial charge in [0.25, 0.3) is 0 Å². The van der Waals surface area contributed by atoms with Gasteiger partial charge in [-0.2, -0.15) is 0 Å². The van der Waals surface area contributed by atoms with E-state index in [0.717, 1.165) is 0 Å². The van der Waals surface area contributed by atoms with Crippen molar-refractivity contribution >= 4 is 0 Å². The zero-order chi connectivity index (χ0) is 5.86. The van der Waals surface area contributed by atoms with Crippen LogP contribution in [0.15, 0.2) is 0 Å². The van der Waals surface area contributed by atoms with E-state index in [2.05, 4.69) is 0 Å². The summed E-state index contributed by atoms with van der Waals surface area (Å²) in [4.78, 5) is 8.59. The second-order valence-electron chi connectivity index (χ2n) is 1.15. The van der Waals surface area contributed by atoms with Gasteiger partial charge in [0, 0.05) is 4.92 Å². The van der Waals surface area contributed by atoms with Crippen molar-refractivity contribution in [3.05, 3.63) is 10.1 Å². The minimum Gasteiger partial charge on any atom is -0.794 e. The quantitative estimate of drug-likeness (QED) is 0.173. The Morgan fingerprint density at radius 1 is 1.75 bits per heavy atom. The van der Waals surface area contributed by atoms with Crippen molar-refractivity contribution in [1.29, 1.82) is 0 Å². The molecule has 1 unspecified atom stereocenters. The van der Waals surface area contributed by atoms with Crippen molar-refractivity contribution in [2.45, 2.75) is 19.6 Å². The van der Waals surface area contributed by atoms with Gasteiger partial charge in [0.15, 0.2) is 6.23 Å². The van der Waals surface area contributed by atoms with Crippen LogP contribution in [0.25, 0.3) is 0 Å². The molecule has 0 spiro atoms. The standard InChI is InChI=1S/C3H6NO3.K/c1-2-3(5)4(6)7;/h3H,2H2,1H3;/q-1;+1. The van der Waals surface area contributed by atoms with E-state index >= 15 is 0 Å². The van der Waals surface area contributed by atoms with Gasteiger partial charge in [-0.3, -0.25) is 10.1 Å². The van der Waals surface area contributed by atoms with Crippen LogP contribution in [0, 0.1) is 10.1 Å². The summed E-state index contributed by atoms with van der Waals surface area (Å²) >= 11 is 0. The molecule has 0 aromatic heterocycles. The topological polar surface area (TPSA) is 66.2 Å². The fraction of sp³-hybridized carbons (Fsp3) is 1.00. The van der Waals surface area contributed by atoms with Crippen LogP contribution in [0.4, 0.5) is 0 Å². The van der Waals surface area contributed by atoms with Crippen LogP contribution in [0.5, 0.6) is 0 Å². The Kier molecular flexibility index (Phi) is 8.99. The van der Waals surface area contributed by atoms with Crippen LogP contribution in [0.2, 0.25) is 0 Å². The third kappa shape index (κ3) is 5.14. The van der Waals surface area contributed by atoms with E-state index in [9.17, 15) is 15.2 Å². The van der Waals surface area contributed by atoms with Crippen LogP contribution in [-0.2, 0) is 0 Å². The summed E-state index contributed by atoms with van der Waals surface area (Å²) in [7, 11) is 0. The van der Waals surface area contributed by atoms with Gasteiger partial charge in [0.2, 0.25) is 0 Å². The largest absolute Gasteiger partial charge is 1.00 e. The summed E-state index contributed by atoms with van der Waals surface area (Å²) in [6, 6.07) is 0. The Morgan fingerprint density at radius 3 is 2.12 bits per heavy atom. The summed E-state index contributed by atoms with van der Waals surface area (Å²) in [5, 5.41) is 19.3. The third-order valence-electron chi connectivity index (χ3n) is 0.584. The maximum atomic E-state index is 9.90. The molecule has 8 heavy (non-hydrogen) atoms. The Balaban J connectivity index is 0. The van der Waals surface area contributed by atoms with E-state index in [1.807, 2.05) is 0 Å². The van der Waals surface area contributed by atoms with Crippen molar-refractivity contribution in [2.24, 2.45) is 0 Å². The average molecular weight is 143 g/mol. The summed E-state index contributed by atoms with van der Waals surface area (Å²) in [6.07, 6.45) is -1.56. The van der Waals surface area contributed by atoms with Crippen LogP contribution in [0.1, 0.15) is 13.3 Å². The molecule has 1 atom stereocenters. The van der Waals surface area contributed by atoms with Gasteiger partial charge in [0.1, 0.15) is 0 Å². The van der Waals surface area contributed by atoms with Gasteiger partial charge in [-0.1, -0.05) is 6.92 Å². The van der Waals surface area contributed by atoms with Crippen LogP contribution < -0.4 is 56.5 Å². The predicted molar refractivity (Wildman–Crippen MR) is 21.1 cm³/mol. The van der Waals surface area contributed by atoms with Gasteiger partial charge in [-0.05, 0) is 6.42 Å². The fourth-order valence-corrected chi connectivity index (χ4v) is 0.149. The molecule has 0 heterocycles. The Morgan fingerprint density at radius 2 is 2.12 bits per heavy atom. The maximum Gasteiger partial charge on any atom is 1.00 e. The predicted octanol–water partition coefficient (Wildman–Crippen LogP) is -3.64. The maximum absolute atomic E-state index is 9.90. The van der Waals surface area contributed by atoms with Crippen LogP contribution >= 0.6 is 0 Å². The summed E-state index contributed by atoms with van der Waals surface area (Å²) < 4.78 is 0. The van der Waals surface area contributed by atoms with Crippen molar-refractivity contribution in [1.82, 2.24) is 0 Å². The van der Waals surface area contributed by atoms with Crippen molar-refractivity contribution in [3.63, 3.8) is 0 Å². The molecule has 0 radical (unpaired) electrons. The second-order valence-corrected chi connectivity index (χ2v) is 1.15. The van der Waals surface area contributed by atoms with Crippen molar-refractivity contribution in [2.75, 3.05) is 0 Å². The molecule has 0 aromatic rings. The monoisotopic (exact) mass is 143 g/mol. The third-order valence-corrected chi connectivity index (χ3v) is 0.584. The second kappa shape index (κ2) is 6.12. The number of nitro groups is 1. The molecule has 0 aliphatic rings. The SMILES string of the molecule is CCC([O-])[N+](=O)[O-].[K+]. The molecular formula is C3H6KNO3. The molecule has 42 valence electrons. The molecule has 0 saturated heterocycles. The molecule has 0 fully saturated rings. The fourth-order valence-electron chi connectivity index (χ4n) is 0.149. The molecular weight excluding hydrogens is 137 g/mol. The Labute approximate surface area is 89.8 Å². The van der Waals surface area contributed by atoms with Gasteiger partial charge in [0.05, 0.1) is 0 Å². The first kappa shape index (κ1) is 11.8. The normalized spacial score (nSPS) is 11.8. The smallest absolute Gasteiger partial charge is 0.794 e. The van der Waals surface area contributed by atoms with E-state index in [4.69, 9.17) is 0 Å². The van der Waals surface area contributed by atoms with Gasteiger partial charge >= 0.3 is 51.4 Å². The van der Waals surface area contributed by atoms with E-state index in [1.165, 1.54) is 6.92 Å². The average Bonchev–Trinajstić information content (AvgIpc) is 1.65. The number of rotatable bonds is 2. The molecule has 0 aromatic carbocycles. The van der Waals surface area contributed by atoms with Gasteiger partial charge in [-0.25, -0.2) is 0 Å². The number of nitrogens with zero attached hydrogens (tertiary/aromatic N) is 1. The van der Waals surface area contributed by atoms with Gasteiger partial charge in [-0.15, -0.1) is 0 Å². The summed E-state index contributed by atoms with van der Waals surface area (Å²) in [5.41, 5.74) is 0. The summed E-state index contributed by atoms with van der Waals surface area (Å²) in [5.74, 6) is 0. The molecule has 0 N–H and O–H groups in total. The molecule has 0 bridgehead atoms. The first-order valence-electron chi connectivity index (χ1n) is 1.97. The van der Waals surface area contributed by atoms with Crippen LogP contribution in [0.3, 0.4) is 0 Å². The van der Waals surface area contributed by atoms with Crippen molar-refractivity contribution < 1.29 is 61.4 Å². The Hall–Kier alpha value is 0.996. The number of hydrogen-bond acceptors (Lipinski definition) is 3. The first-order chi connectivity index (χ1) is 3.18. The first-order valence-corrected chi connectivity index (χ1v) is 1.97. The van der Waals surface area contributed by atoms with E-state index < -0.39 is 11.2 Å². The molecule has 0 saturated carbocycles. The molecule has 0 rings (SSSR count).